The summed E-state index contributed by atoms with van der Waals surface area (Å²) in [5.74, 6) is 1.28. The van der Waals surface area contributed by atoms with Gasteiger partial charge in [-0.2, -0.15) is 0 Å². The molecular formula is C39H42F2N6O3S. The van der Waals surface area contributed by atoms with Crippen molar-refractivity contribution in [3.63, 3.8) is 0 Å². The first-order chi connectivity index (χ1) is 24.4. The van der Waals surface area contributed by atoms with Crippen LogP contribution in [-0.4, -0.2) is 51.1 Å². The SMILES string of the molecule is Cc1ccc(S(=O)(=O)n2ccc3c(N4Cc5c(cc(CN6CCC[C@H](C)C6)cc5C(F)F)C4=O)cc(C4(c5nncn5C)CC(C)C4)cc32)cc1. The zero-order valence-electron chi connectivity index (χ0n) is 29.3. The molecule has 1 amide bonds. The predicted molar refractivity (Wildman–Crippen MR) is 191 cm³/mol. The van der Waals surface area contributed by atoms with Crippen LogP contribution >= 0.6 is 0 Å². The number of nitrogens with zero attached hydrogens (tertiary/aromatic N) is 6. The molecule has 5 aromatic rings. The van der Waals surface area contributed by atoms with Crippen LogP contribution in [0.5, 0.6) is 0 Å². The molecule has 4 heterocycles. The van der Waals surface area contributed by atoms with Gasteiger partial charge < -0.3 is 9.47 Å². The maximum atomic E-state index is 14.7. The lowest BCUT2D eigenvalue weighted by Gasteiger charge is -2.46. The quantitative estimate of drug-likeness (QED) is 0.167. The second-order valence-electron chi connectivity index (χ2n) is 15.1. The smallest absolute Gasteiger partial charge is 0.268 e. The molecular weight excluding hydrogens is 671 g/mol. The molecule has 0 unspecified atom stereocenters. The first-order valence-corrected chi connectivity index (χ1v) is 19.1. The van der Waals surface area contributed by atoms with E-state index in [9.17, 15) is 22.0 Å². The van der Waals surface area contributed by atoms with Gasteiger partial charge >= 0.3 is 0 Å². The number of rotatable bonds is 8. The summed E-state index contributed by atoms with van der Waals surface area (Å²) in [6, 6.07) is 15.6. The summed E-state index contributed by atoms with van der Waals surface area (Å²) in [6.07, 6.45) is 4.11. The van der Waals surface area contributed by atoms with Gasteiger partial charge in [0.2, 0.25) is 0 Å². The molecule has 1 saturated heterocycles. The van der Waals surface area contributed by atoms with Gasteiger partial charge in [-0.3, -0.25) is 9.69 Å². The number of aromatic nitrogens is 4. The van der Waals surface area contributed by atoms with E-state index in [0.29, 0.717) is 46.1 Å². The number of hydrogen-bond acceptors (Lipinski definition) is 6. The standard InChI is InChI=1S/C39H42F2N6O3S/c1-24-7-9-29(10-8-24)51(49,50)47-13-11-30-34(16-28(17-35(30)47)39(18-26(3)19-39)38-43-42-23-44(38)4)46-22-33-31(36(40)41)14-27(15-32(33)37(46)48)21-45-12-5-6-25(2)20-45/h7-11,13-17,23,25-26,36H,5-6,12,18-22H2,1-4H3/t25-,26?,39?/m0/s1. The van der Waals surface area contributed by atoms with Crippen LogP contribution in [0.25, 0.3) is 10.9 Å². The van der Waals surface area contributed by atoms with Crippen LogP contribution in [-0.2, 0) is 35.6 Å². The first kappa shape index (κ1) is 33.7. The molecule has 2 fully saturated rings. The largest absolute Gasteiger partial charge is 0.320 e. The van der Waals surface area contributed by atoms with Crippen molar-refractivity contribution in [2.24, 2.45) is 18.9 Å². The molecule has 0 spiro atoms. The maximum absolute atomic E-state index is 14.7. The number of carbonyl (C=O) groups excluding carboxylic acids is 1. The highest BCUT2D eigenvalue weighted by atomic mass is 32.2. The van der Waals surface area contributed by atoms with E-state index < -0.39 is 21.9 Å². The lowest BCUT2D eigenvalue weighted by Crippen LogP contribution is -2.43. The minimum absolute atomic E-state index is 0.0450. The molecule has 1 aliphatic carbocycles. The van der Waals surface area contributed by atoms with Gasteiger partial charge in [0.25, 0.3) is 22.4 Å². The Labute approximate surface area is 296 Å². The Hall–Kier alpha value is -4.42. The summed E-state index contributed by atoms with van der Waals surface area (Å²) in [5.41, 5.74) is 3.20. The van der Waals surface area contributed by atoms with Crippen molar-refractivity contribution in [3.05, 3.63) is 106 Å². The maximum Gasteiger partial charge on any atom is 0.268 e. The van der Waals surface area contributed by atoms with Crippen molar-refractivity contribution in [3.8, 4) is 0 Å². The van der Waals surface area contributed by atoms with E-state index in [1.807, 2.05) is 30.7 Å². The van der Waals surface area contributed by atoms with Crippen LogP contribution in [0.1, 0.15) is 90.0 Å². The van der Waals surface area contributed by atoms with Crippen molar-refractivity contribution >= 4 is 32.5 Å². The van der Waals surface area contributed by atoms with Crippen molar-refractivity contribution < 1.29 is 22.0 Å². The third-order valence-electron chi connectivity index (χ3n) is 11.2. The van der Waals surface area contributed by atoms with E-state index in [1.54, 1.807) is 53.7 Å². The van der Waals surface area contributed by atoms with Crippen LogP contribution in [0.15, 0.2) is 72.0 Å². The number of amides is 1. The summed E-state index contributed by atoms with van der Waals surface area (Å²) in [7, 11) is -2.15. The van der Waals surface area contributed by atoms with E-state index in [1.165, 1.54) is 10.2 Å². The predicted octanol–water partition coefficient (Wildman–Crippen LogP) is 7.36. The number of piperidine rings is 1. The number of likely N-dealkylation sites (tertiary alicyclic amines) is 1. The Morgan fingerprint density at radius 3 is 2.45 bits per heavy atom. The van der Waals surface area contributed by atoms with Crippen molar-refractivity contribution in [2.75, 3.05) is 18.0 Å². The van der Waals surface area contributed by atoms with Gasteiger partial charge in [-0.25, -0.2) is 21.2 Å². The summed E-state index contributed by atoms with van der Waals surface area (Å²) >= 11 is 0. The fourth-order valence-electron chi connectivity index (χ4n) is 8.79. The molecule has 9 nitrogen and oxygen atoms in total. The van der Waals surface area contributed by atoms with E-state index in [4.69, 9.17) is 0 Å². The van der Waals surface area contributed by atoms with Crippen LogP contribution in [0, 0.1) is 18.8 Å². The second-order valence-corrected chi connectivity index (χ2v) is 16.9. The number of anilines is 1. The molecule has 3 aromatic carbocycles. The Kier molecular flexibility index (Phi) is 8.17. The molecule has 2 aliphatic heterocycles. The zero-order chi connectivity index (χ0) is 35.8. The number of hydrogen-bond donors (Lipinski definition) is 0. The van der Waals surface area contributed by atoms with Crippen LogP contribution in [0.3, 0.4) is 0 Å². The highest BCUT2D eigenvalue weighted by Crippen LogP contribution is 2.53. The van der Waals surface area contributed by atoms with E-state index in [0.717, 1.165) is 55.7 Å². The molecule has 1 atom stereocenters. The summed E-state index contributed by atoms with van der Waals surface area (Å²) in [5, 5.41) is 9.21. The minimum Gasteiger partial charge on any atom is -0.320 e. The van der Waals surface area contributed by atoms with Crippen molar-refractivity contribution in [2.45, 2.75) is 76.3 Å². The molecule has 0 radical (unpaired) electrons. The molecule has 1 saturated carbocycles. The van der Waals surface area contributed by atoms with Gasteiger partial charge in [0.15, 0.2) is 0 Å². The van der Waals surface area contributed by atoms with E-state index in [-0.39, 0.29) is 28.5 Å². The number of carbonyl (C=O) groups is 1. The molecule has 0 N–H and O–H groups in total. The molecule has 8 rings (SSSR count). The van der Waals surface area contributed by atoms with Crippen LogP contribution in [0.4, 0.5) is 14.5 Å². The fraction of sp³-hybridized carbons (Fsp3) is 0.410. The van der Waals surface area contributed by atoms with Gasteiger partial charge in [0.05, 0.1) is 28.1 Å². The average molecular weight is 713 g/mol. The van der Waals surface area contributed by atoms with Gasteiger partial charge in [-0.1, -0.05) is 31.5 Å². The van der Waals surface area contributed by atoms with Gasteiger partial charge in [0.1, 0.15) is 12.2 Å². The summed E-state index contributed by atoms with van der Waals surface area (Å²) < 4.78 is 61.0. The number of fused-ring (bicyclic) bond motifs is 2. The number of benzene rings is 3. The van der Waals surface area contributed by atoms with Gasteiger partial charge in [-0.15, -0.1) is 10.2 Å². The van der Waals surface area contributed by atoms with Gasteiger partial charge in [0, 0.05) is 42.8 Å². The van der Waals surface area contributed by atoms with Crippen molar-refractivity contribution in [1.29, 1.82) is 0 Å². The molecule has 2 aromatic heterocycles. The highest BCUT2D eigenvalue weighted by molar-refractivity contribution is 7.90. The molecule has 3 aliphatic rings. The molecule has 0 bridgehead atoms. The second kappa shape index (κ2) is 12.4. The zero-order valence-corrected chi connectivity index (χ0v) is 30.1. The van der Waals surface area contributed by atoms with Gasteiger partial charge in [-0.05, 0) is 110 Å². The Balaban J connectivity index is 1.29. The van der Waals surface area contributed by atoms with Crippen LogP contribution in [0.2, 0.25) is 0 Å². The lowest BCUT2D eigenvalue weighted by atomic mass is 9.58. The molecule has 51 heavy (non-hydrogen) atoms. The Bertz CT molecular complexity index is 2270. The third kappa shape index (κ3) is 5.58. The first-order valence-electron chi connectivity index (χ1n) is 17.7. The third-order valence-corrected chi connectivity index (χ3v) is 12.9. The Morgan fingerprint density at radius 1 is 1.02 bits per heavy atom. The fourth-order valence-corrected chi connectivity index (χ4v) is 10.1. The highest BCUT2D eigenvalue weighted by Gasteiger charge is 2.49. The van der Waals surface area contributed by atoms with E-state index >= 15 is 0 Å². The van der Waals surface area contributed by atoms with Crippen LogP contribution < -0.4 is 4.90 Å². The Morgan fingerprint density at radius 2 is 1.78 bits per heavy atom. The number of aryl methyl sites for hydroxylation is 2. The van der Waals surface area contributed by atoms with E-state index in [2.05, 4.69) is 28.9 Å². The normalized spacial score (nSPS) is 22.6. The number of alkyl halides is 2. The lowest BCUT2D eigenvalue weighted by molar-refractivity contribution is 0.0996. The average Bonchev–Trinajstić information content (AvgIpc) is 3.80. The summed E-state index contributed by atoms with van der Waals surface area (Å²) in [6.45, 7) is 8.50. The molecule has 266 valence electrons. The monoisotopic (exact) mass is 712 g/mol. The molecule has 12 heteroatoms. The number of halogens is 2. The minimum atomic E-state index is -4.04. The van der Waals surface area contributed by atoms with Crippen molar-refractivity contribution in [1.82, 2.24) is 23.6 Å². The topological polar surface area (TPSA) is 93.3 Å². The summed E-state index contributed by atoms with van der Waals surface area (Å²) in [4.78, 5) is 18.4.